The number of hydrogen-bond donors (Lipinski definition) is 1. The van der Waals surface area contributed by atoms with Crippen molar-refractivity contribution >= 4 is 52.2 Å². The standard InChI is InChI=1S/C7H3FN2O2.C7H8N4P2/c1-9-7-4-5(10(11)12)2-3-6(7)8;8-4-1-2-6-5(3-4)7(10-12)9-11(6)13/h2-4H;1-3,12H,8,13H2. The molecule has 0 saturated heterocycles. The Labute approximate surface area is 146 Å². The molecule has 3 rings (SSSR count). The van der Waals surface area contributed by atoms with Gasteiger partial charge < -0.3 is 5.73 Å². The van der Waals surface area contributed by atoms with Crippen molar-refractivity contribution in [1.29, 1.82) is 0 Å². The van der Waals surface area contributed by atoms with E-state index in [-0.39, 0.29) is 11.4 Å². The van der Waals surface area contributed by atoms with Gasteiger partial charge in [-0.2, -0.15) is 0 Å². The molecule has 0 bridgehead atoms. The summed E-state index contributed by atoms with van der Waals surface area (Å²) >= 11 is 0. The first kappa shape index (κ1) is 18.4. The maximum Gasteiger partial charge on any atom is 0.259 e. The Hall–Kier alpha value is -2.94. The Kier molecular flexibility index (Phi) is 5.71. The van der Waals surface area contributed by atoms with E-state index in [1.54, 1.807) is 4.45 Å². The molecule has 3 aromatic rings. The van der Waals surface area contributed by atoms with Crippen LogP contribution in [-0.2, 0) is 0 Å². The fourth-order valence-corrected chi connectivity index (χ4v) is 2.42. The molecule has 2 aromatic carbocycles. The number of fused-ring (bicyclic) bond motifs is 1. The van der Waals surface area contributed by atoms with E-state index in [0.29, 0.717) is 11.5 Å². The summed E-state index contributed by atoms with van der Waals surface area (Å²) in [4.78, 5) is 12.3. The summed E-state index contributed by atoms with van der Waals surface area (Å²) in [5.74, 6) is -0.107. The van der Waals surface area contributed by atoms with E-state index in [2.05, 4.69) is 33.1 Å². The van der Waals surface area contributed by atoms with Crippen LogP contribution in [0.1, 0.15) is 0 Å². The van der Waals surface area contributed by atoms with Crippen LogP contribution >= 0.6 is 18.4 Å². The van der Waals surface area contributed by atoms with Gasteiger partial charge in [-0.3, -0.25) is 10.1 Å². The normalized spacial score (nSPS) is 9.80. The SMILES string of the molecule is Nc1ccc2c(c1)c(N=P)nn2P.[C-]#[N+]c1cc([N+](=O)[O-])ccc1F. The minimum Gasteiger partial charge on any atom is -0.399 e. The van der Waals surface area contributed by atoms with Gasteiger partial charge >= 0.3 is 0 Å². The zero-order chi connectivity index (χ0) is 18.6. The minimum atomic E-state index is -0.740. The second kappa shape index (κ2) is 7.75. The fraction of sp³-hybridized carbons (Fsp3) is 0. The maximum atomic E-state index is 12.6. The molecule has 0 aliphatic carbocycles. The van der Waals surface area contributed by atoms with Crippen molar-refractivity contribution in [1.82, 2.24) is 9.55 Å². The largest absolute Gasteiger partial charge is 0.399 e. The van der Waals surface area contributed by atoms with Gasteiger partial charge in [-0.1, -0.05) is 0 Å². The van der Waals surface area contributed by atoms with E-state index in [9.17, 15) is 14.5 Å². The van der Waals surface area contributed by atoms with Gasteiger partial charge in [-0.05, 0) is 42.7 Å². The monoisotopic (exact) mass is 376 g/mol. The lowest BCUT2D eigenvalue weighted by atomic mass is 10.2. The van der Waals surface area contributed by atoms with Gasteiger partial charge in [0.1, 0.15) is 5.82 Å². The lowest BCUT2D eigenvalue weighted by molar-refractivity contribution is -0.384. The van der Waals surface area contributed by atoms with Crippen molar-refractivity contribution in [3.8, 4) is 0 Å². The lowest BCUT2D eigenvalue weighted by Gasteiger charge is -1.94. The summed E-state index contributed by atoms with van der Waals surface area (Å²) in [6.07, 6.45) is 0. The third kappa shape index (κ3) is 4.13. The number of nitrogens with zero attached hydrogens (tertiary/aromatic N) is 5. The highest BCUT2D eigenvalue weighted by Crippen LogP contribution is 2.28. The number of rotatable bonds is 2. The summed E-state index contributed by atoms with van der Waals surface area (Å²) in [5.41, 5.74) is 6.74. The van der Waals surface area contributed by atoms with Gasteiger partial charge in [0.25, 0.3) is 5.69 Å². The van der Waals surface area contributed by atoms with Crippen LogP contribution in [0, 0.1) is 22.5 Å². The number of anilines is 1. The van der Waals surface area contributed by atoms with E-state index >= 15 is 0 Å². The van der Waals surface area contributed by atoms with Crippen molar-refractivity contribution < 1.29 is 9.31 Å². The van der Waals surface area contributed by atoms with Gasteiger partial charge in [0, 0.05) is 23.2 Å². The number of benzene rings is 2. The molecule has 126 valence electrons. The van der Waals surface area contributed by atoms with E-state index in [1.165, 1.54) is 0 Å². The molecule has 0 spiro atoms. The summed E-state index contributed by atoms with van der Waals surface area (Å²) < 4.78 is 18.2. The van der Waals surface area contributed by atoms with Gasteiger partial charge in [0.15, 0.2) is 5.82 Å². The summed E-state index contributed by atoms with van der Waals surface area (Å²) in [5, 5.41) is 15.3. The molecule has 0 aliphatic rings. The molecular formula is C14H11FN6O2P2. The third-order valence-electron chi connectivity index (χ3n) is 3.08. The smallest absolute Gasteiger partial charge is 0.259 e. The molecule has 1 atom stereocenters. The first-order valence-corrected chi connectivity index (χ1v) is 7.56. The highest BCUT2D eigenvalue weighted by Gasteiger charge is 2.09. The Bertz CT molecular complexity index is 1010. The fourth-order valence-electron chi connectivity index (χ4n) is 1.93. The zero-order valence-corrected chi connectivity index (χ0v) is 14.7. The Balaban J connectivity index is 0.000000181. The molecule has 11 heteroatoms. The zero-order valence-electron chi connectivity index (χ0n) is 12.5. The van der Waals surface area contributed by atoms with Gasteiger partial charge in [0.05, 0.1) is 17.0 Å². The first-order chi connectivity index (χ1) is 11.9. The highest BCUT2D eigenvalue weighted by molar-refractivity contribution is 7.14. The van der Waals surface area contributed by atoms with Crippen LogP contribution < -0.4 is 5.73 Å². The molecule has 1 heterocycles. The number of nitrogen functional groups attached to an aromatic ring is 1. The quantitative estimate of drug-likeness (QED) is 0.234. The number of halogens is 1. The van der Waals surface area contributed by atoms with Crippen LogP contribution in [0.15, 0.2) is 41.1 Å². The van der Waals surface area contributed by atoms with E-state index in [4.69, 9.17) is 12.3 Å². The van der Waals surface area contributed by atoms with Gasteiger partial charge in [-0.15, -0.1) is 5.10 Å². The lowest BCUT2D eigenvalue weighted by Crippen LogP contribution is -1.87. The van der Waals surface area contributed by atoms with E-state index < -0.39 is 10.7 Å². The molecule has 2 N–H and O–H groups in total. The average Bonchev–Trinajstić information content (AvgIpc) is 2.91. The first-order valence-electron chi connectivity index (χ1n) is 6.59. The van der Waals surface area contributed by atoms with Gasteiger partial charge in [0.2, 0.25) is 5.69 Å². The van der Waals surface area contributed by atoms with Crippen molar-refractivity contribution in [2.45, 2.75) is 0 Å². The minimum absolute atomic E-state index is 0.276. The van der Waals surface area contributed by atoms with Crippen LogP contribution in [0.25, 0.3) is 15.7 Å². The summed E-state index contributed by atoms with van der Waals surface area (Å²) in [7, 11) is 5.56. The maximum absolute atomic E-state index is 12.6. The predicted octanol–water partition coefficient (Wildman–Crippen LogP) is 4.50. The van der Waals surface area contributed by atoms with Crippen molar-refractivity contribution in [3.63, 3.8) is 0 Å². The predicted molar refractivity (Wildman–Crippen MR) is 99.0 cm³/mol. The second-order valence-electron chi connectivity index (χ2n) is 4.66. The molecule has 1 aromatic heterocycles. The molecule has 0 amide bonds. The van der Waals surface area contributed by atoms with Crippen molar-refractivity contribution in [3.05, 3.63) is 63.7 Å². The van der Waals surface area contributed by atoms with Crippen LogP contribution in [0.5, 0.6) is 0 Å². The van der Waals surface area contributed by atoms with Gasteiger partial charge in [-0.25, -0.2) is 18.4 Å². The molecule has 1 unspecified atom stereocenters. The number of nitrogens with two attached hydrogens (primary N) is 1. The van der Waals surface area contributed by atoms with Crippen molar-refractivity contribution in [2.24, 2.45) is 4.74 Å². The molecule has 8 nitrogen and oxygen atoms in total. The topological polar surface area (TPSA) is 104 Å². The molecule has 0 aliphatic heterocycles. The van der Waals surface area contributed by atoms with Crippen LogP contribution in [0.3, 0.4) is 0 Å². The highest BCUT2D eigenvalue weighted by atomic mass is 31.0. The van der Waals surface area contributed by atoms with E-state index in [1.807, 2.05) is 18.2 Å². The number of nitro groups is 1. The van der Waals surface area contributed by atoms with Crippen LogP contribution in [0.4, 0.5) is 27.3 Å². The Morgan fingerprint density at radius 1 is 1.40 bits per heavy atom. The number of non-ortho nitro benzene ring substituents is 1. The number of hydrogen-bond acceptors (Lipinski definition) is 5. The molecule has 0 saturated carbocycles. The molecule has 25 heavy (non-hydrogen) atoms. The number of aromatic nitrogens is 2. The van der Waals surface area contributed by atoms with Crippen molar-refractivity contribution in [2.75, 3.05) is 5.73 Å². The summed E-state index contributed by atoms with van der Waals surface area (Å²) in [6.45, 7) is 6.48. The van der Waals surface area contributed by atoms with E-state index in [0.717, 1.165) is 29.1 Å². The molecular weight excluding hydrogens is 365 g/mol. The number of nitro benzene ring substituents is 1. The average molecular weight is 376 g/mol. The van der Waals surface area contributed by atoms with Crippen LogP contribution in [0.2, 0.25) is 0 Å². The molecule has 0 radical (unpaired) electrons. The Morgan fingerprint density at radius 2 is 2.12 bits per heavy atom. The molecule has 0 fully saturated rings. The third-order valence-corrected chi connectivity index (χ3v) is 3.68. The second-order valence-corrected chi connectivity index (χ2v) is 5.37. The Morgan fingerprint density at radius 3 is 2.72 bits per heavy atom. The summed E-state index contributed by atoms with van der Waals surface area (Å²) in [6, 6.07) is 8.42. The van der Waals surface area contributed by atoms with Crippen LogP contribution in [-0.4, -0.2) is 14.5 Å².